The van der Waals surface area contributed by atoms with Crippen molar-refractivity contribution in [1.82, 2.24) is 3.11 Å². The van der Waals surface area contributed by atoms with Crippen LogP contribution in [-0.4, -0.2) is 26.1 Å². The van der Waals surface area contributed by atoms with Gasteiger partial charge in [0.25, 0.3) is 0 Å². The third-order valence-electron chi connectivity index (χ3n) is 1.84. The van der Waals surface area contributed by atoms with Crippen molar-refractivity contribution in [3.05, 3.63) is 0 Å². The van der Waals surface area contributed by atoms with Crippen LogP contribution in [0.5, 0.6) is 0 Å². The topological polar surface area (TPSA) is 3.24 Å². The van der Waals surface area contributed by atoms with Crippen LogP contribution in [0, 0.1) is 0 Å². The third-order valence-corrected chi connectivity index (χ3v) is 17.2. The molecular formula is C7H16I2N-. The summed E-state index contributed by atoms with van der Waals surface area (Å²) in [5.74, 6) is 0. The normalized spacial score (nSPS) is 23.2. The second-order valence-corrected chi connectivity index (χ2v) is 20.2. The molecule has 0 amide bonds. The first kappa shape index (κ1) is 9.51. The molecule has 3 heteroatoms. The van der Waals surface area contributed by atoms with E-state index in [1.165, 1.54) is 32.4 Å². The molecule has 1 rings (SSSR count). The number of halogens is 2. The first-order valence-electron chi connectivity index (χ1n) is 3.70. The quantitative estimate of drug-likeness (QED) is 0.349. The number of piperidine rings is 1. The van der Waals surface area contributed by atoms with Crippen LogP contribution in [-0.2, 0) is 0 Å². The fraction of sp³-hybridized carbons (Fsp3) is 1.00. The predicted molar refractivity (Wildman–Crippen MR) is 51.3 cm³/mol. The van der Waals surface area contributed by atoms with E-state index in [1.807, 2.05) is 0 Å². The first-order chi connectivity index (χ1) is 4.84. The van der Waals surface area contributed by atoms with Crippen molar-refractivity contribution < 1.29 is 17.2 Å². The van der Waals surface area contributed by atoms with Gasteiger partial charge in [-0.2, -0.15) is 0 Å². The van der Waals surface area contributed by atoms with Crippen molar-refractivity contribution in [2.45, 2.75) is 19.3 Å². The Bertz CT molecular complexity index is 91.6. The van der Waals surface area contributed by atoms with Crippen molar-refractivity contribution >= 4 is 16.1 Å². The molecule has 0 radical (unpaired) electrons. The molecule has 0 aromatic carbocycles. The van der Waals surface area contributed by atoms with Gasteiger partial charge in [0.1, 0.15) is 0 Å². The standard InChI is InChI=1S/C7H16I2N/c1-8-9(2)10-6-4-3-5-7-10/h3-7H2,1-2H3/q-1. The molecule has 0 aliphatic carbocycles. The number of hydrogen-bond donors (Lipinski definition) is 0. The van der Waals surface area contributed by atoms with E-state index in [2.05, 4.69) is 13.0 Å². The van der Waals surface area contributed by atoms with Crippen LogP contribution in [0.25, 0.3) is 0 Å². The van der Waals surface area contributed by atoms with Crippen LogP contribution < -0.4 is 17.2 Å². The zero-order valence-corrected chi connectivity index (χ0v) is 11.1. The number of rotatable bonds is 2. The van der Waals surface area contributed by atoms with E-state index in [0.29, 0.717) is 17.2 Å². The summed E-state index contributed by atoms with van der Waals surface area (Å²) in [4.78, 5) is 5.00. The summed E-state index contributed by atoms with van der Waals surface area (Å²) in [7, 11) is 0. The zero-order valence-electron chi connectivity index (χ0n) is 6.74. The molecule has 1 nitrogen and oxygen atoms in total. The van der Waals surface area contributed by atoms with Gasteiger partial charge in [-0.05, 0) is 0 Å². The van der Waals surface area contributed by atoms with E-state index < -0.39 is 16.1 Å². The molecular weight excluding hydrogens is 352 g/mol. The molecule has 1 aliphatic heterocycles. The Hall–Kier alpha value is 1.42. The maximum atomic E-state index is 2.82. The van der Waals surface area contributed by atoms with Gasteiger partial charge in [-0.25, -0.2) is 0 Å². The van der Waals surface area contributed by atoms with Crippen molar-refractivity contribution in [1.29, 1.82) is 0 Å². The minimum atomic E-state index is -0.479. The summed E-state index contributed by atoms with van der Waals surface area (Å²) >= 11 is 0.123. The average molecular weight is 368 g/mol. The summed E-state index contributed by atoms with van der Waals surface area (Å²) in [6.07, 6.45) is 4.44. The van der Waals surface area contributed by atoms with Crippen molar-refractivity contribution in [2.75, 3.05) is 23.0 Å². The van der Waals surface area contributed by atoms with Gasteiger partial charge in [-0.15, -0.1) is 0 Å². The molecule has 1 fully saturated rings. The molecule has 0 bridgehead atoms. The molecule has 0 atom stereocenters. The molecule has 0 aromatic heterocycles. The Morgan fingerprint density at radius 3 is 2.30 bits per heavy atom. The van der Waals surface area contributed by atoms with E-state index in [4.69, 9.17) is 0 Å². The summed E-state index contributed by atoms with van der Waals surface area (Å²) < 4.78 is 2.82. The second-order valence-electron chi connectivity index (χ2n) is 2.49. The molecule has 0 saturated carbocycles. The van der Waals surface area contributed by atoms with E-state index >= 15 is 0 Å². The van der Waals surface area contributed by atoms with Crippen LogP contribution in [0.15, 0.2) is 0 Å². The van der Waals surface area contributed by atoms with E-state index in [0.717, 1.165) is 0 Å². The average Bonchev–Trinajstić information content (AvgIpc) is 2.05. The van der Waals surface area contributed by atoms with Gasteiger partial charge >= 0.3 is 78.7 Å². The van der Waals surface area contributed by atoms with Gasteiger partial charge in [0.2, 0.25) is 0 Å². The first-order valence-corrected chi connectivity index (χ1v) is 15.3. The van der Waals surface area contributed by atoms with Crippen LogP contribution >= 0.6 is 16.1 Å². The van der Waals surface area contributed by atoms with Crippen molar-refractivity contribution in [3.63, 3.8) is 0 Å². The summed E-state index contributed by atoms with van der Waals surface area (Å²) in [6.45, 7) is 2.88. The van der Waals surface area contributed by atoms with Gasteiger partial charge in [0.05, 0.1) is 0 Å². The molecule has 0 N–H and O–H groups in total. The molecule has 0 aromatic rings. The van der Waals surface area contributed by atoms with E-state index in [9.17, 15) is 0 Å². The van der Waals surface area contributed by atoms with Crippen molar-refractivity contribution in [2.24, 2.45) is 0 Å². The molecule has 10 heavy (non-hydrogen) atoms. The molecule has 1 aliphatic rings. The monoisotopic (exact) mass is 368 g/mol. The van der Waals surface area contributed by atoms with Crippen LogP contribution in [0.1, 0.15) is 19.3 Å². The van der Waals surface area contributed by atoms with Gasteiger partial charge in [0, 0.05) is 0 Å². The molecule has 1 heterocycles. The van der Waals surface area contributed by atoms with Crippen molar-refractivity contribution in [3.8, 4) is 0 Å². The molecule has 1 saturated heterocycles. The molecule has 0 unspecified atom stereocenters. The number of nitrogens with zero attached hydrogens (tertiary/aromatic N) is 1. The second kappa shape index (κ2) is 5.13. The van der Waals surface area contributed by atoms with Gasteiger partial charge < -0.3 is 0 Å². The Morgan fingerprint density at radius 2 is 1.80 bits per heavy atom. The zero-order chi connectivity index (χ0) is 7.40. The number of alkyl halides is 2. The fourth-order valence-electron chi connectivity index (χ4n) is 1.18. The number of hydrogen-bond acceptors (Lipinski definition) is 1. The summed E-state index contributed by atoms with van der Waals surface area (Å²) in [5, 5.41) is 0. The van der Waals surface area contributed by atoms with Crippen LogP contribution in [0.2, 0.25) is 0 Å². The SMILES string of the molecule is C[I-]I(C)N1CCCCC1. The van der Waals surface area contributed by atoms with Gasteiger partial charge in [-0.3, -0.25) is 0 Å². The van der Waals surface area contributed by atoms with Crippen LogP contribution in [0.3, 0.4) is 0 Å². The fourth-order valence-corrected chi connectivity index (χ4v) is 9.61. The van der Waals surface area contributed by atoms with Gasteiger partial charge in [0.15, 0.2) is 0 Å². The van der Waals surface area contributed by atoms with Crippen LogP contribution in [0.4, 0.5) is 0 Å². The van der Waals surface area contributed by atoms with E-state index in [1.54, 1.807) is 0 Å². The molecule has 64 valence electrons. The molecule has 0 spiro atoms. The minimum absolute atomic E-state index is 0.479. The Morgan fingerprint density at radius 1 is 1.20 bits per heavy atom. The third kappa shape index (κ3) is 2.81. The van der Waals surface area contributed by atoms with Gasteiger partial charge in [-0.1, -0.05) is 0 Å². The summed E-state index contributed by atoms with van der Waals surface area (Å²) in [5.41, 5.74) is 0. The predicted octanol–water partition coefficient (Wildman–Crippen LogP) is -0.843. The Kier molecular flexibility index (Phi) is 4.88. The maximum absolute atomic E-state index is 2.82. The summed E-state index contributed by atoms with van der Waals surface area (Å²) in [6, 6.07) is 0. The Balaban J connectivity index is 2.24. The van der Waals surface area contributed by atoms with E-state index in [-0.39, 0.29) is 0 Å². The Labute approximate surface area is 78.0 Å².